The van der Waals surface area contributed by atoms with Gasteiger partial charge >= 0.3 is 5.97 Å². The van der Waals surface area contributed by atoms with E-state index in [0.29, 0.717) is 19.6 Å². The van der Waals surface area contributed by atoms with Crippen molar-refractivity contribution in [3.05, 3.63) is 0 Å². The zero-order valence-electron chi connectivity index (χ0n) is 6.32. The number of rotatable bonds is 3. The second kappa shape index (κ2) is 3.94. The van der Waals surface area contributed by atoms with Gasteiger partial charge in [-0.1, -0.05) is 6.92 Å². The summed E-state index contributed by atoms with van der Waals surface area (Å²) in [5.41, 5.74) is 0. The normalized spacial score (nSPS) is 21.9. The molecule has 0 aromatic rings. The predicted octanol–water partition coefficient (Wildman–Crippen LogP) is 0.745. The highest BCUT2D eigenvalue weighted by Gasteiger charge is 2.27. The van der Waals surface area contributed by atoms with Crippen LogP contribution in [0.1, 0.15) is 13.3 Å². The van der Waals surface area contributed by atoms with Crippen LogP contribution in [0.15, 0.2) is 0 Å². The number of nitrogens with zero attached hydrogens (tertiary/aromatic N) is 1. The van der Waals surface area contributed by atoms with Crippen molar-refractivity contribution >= 4 is 18.2 Å². The summed E-state index contributed by atoms with van der Waals surface area (Å²) >= 11 is 1.16. The smallest absolute Gasteiger partial charge is 0.321 e. The lowest BCUT2D eigenvalue weighted by atomic mass is 10.2. The number of hydrogen-bond donors (Lipinski definition) is 1. The van der Waals surface area contributed by atoms with Gasteiger partial charge in [-0.05, 0) is 6.42 Å². The van der Waals surface area contributed by atoms with Crippen LogP contribution in [0.3, 0.4) is 0 Å². The summed E-state index contributed by atoms with van der Waals surface area (Å²) in [6, 6.07) is -0.400. The topological polar surface area (TPSA) is 49.8 Å². The molecule has 0 bridgehead atoms. The Bertz CT molecular complexity index is 147. The van der Waals surface area contributed by atoms with Gasteiger partial charge in [-0.25, -0.2) is 4.31 Å². The van der Waals surface area contributed by atoms with Crippen LogP contribution in [0.4, 0.5) is 0 Å². The van der Waals surface area contributed by atoms with Crippen molar-refractivity contribution in [2.45, 2.75) is 19.4 Å². The Morgan fingerprint density at radius 1 is 1.91 bits per heavy atom. The molecule has 11 heavy (non-hydrogen) atoms. The van der Waals surface area contributed by atoms with Crippen molar-refractivity contribution in [1.29, 1.82) is 0 Å². The van der Waals surface area contributed by atoms with Gasteiger partial charge in [0.2, 0.25) is 0 Å². The zero-order valence-corrected chi connectivity index (χ0v) is 7.13. The van der Waals surface area contributed by atoms with Gasteiger partial charge in [0.15, 0.2) is 0 Å². The van der Waals surface area contributed by atoms with Crippen LogP contribution < -0.4 is 0 Å². The first-order valence-electron chi connectivity index (χ1n) is 3.54. The first-order valence-corrected chi connectivity index (χ1v) is 4.24. The maximum Gasteiger partial charge on any atom is 0.321 e. The third-order valence-corrected chi connectivity index (χ3v) is 2.46. The van der Waals surface area contributed by atoms with Crippen molar-refractivity contribution in [1.82, 2.24) is 4.31 Å². The van der Waals surface area contributed by atoms with E-state index < -0.39 is 12.0 Å². The third kappa shape index (κ3) is 2.08. The van der Waals surface area contributed by atoms with Gasteiger partial charge < -0.3 is 5.11 Å². The van der Waals surface area contributed by atoms with E-state index in [-0.39, 0.29) is 0 Å². The maximum absolute atomic E-state index is 10.6. The van der Waals surface area contributed by atoms with Gasteiger partial charge in [-0.2, -0.15) is 0 Å². The molecule has 0 saturated carbocycles. The van der Waals surface area contributed by atoms with E-state index in [1.165, 1.54) is 0 Å². The molecule has 0 radical (unpaired) electrons. The lowest BCUT2D eigenvalue weighted by Crippen LogP contribution is -2.34. The highest BCUT2D eigenvalue weighted by Crippen LogP contribution is 2.22. The van der Waals surface area contributed by atoms with E-state index >= 15 is 0 Å². The molecule has 1 N–H and O–H groups in total. The lowest BCUT2D eigenvalue weighted by molar-refractivity contribution is -0.141. The fourth-order valence-electron chi connectivity index (χ4n) is 0.979. The summed E-state index contributed by atoms with van der Waals surface area (Å²) < 4.78 is 6.72. The van der Waals surface area contributed by atoms with Gasteiger partial charge in [0.1, 0.15) is 6.04 Å². The zero-order chi connectivity index (χ0) is 8.27. The number of carboxylic acids is 1. The van der Waals surface area contributed by atoms with E-state index in [4.69, 9.17) is 9.29 Å². The van der Waals surface area contributed by atoms with Crippen LogP contribution in [0.2, 0.25) is 0 Å². The van der Waals surface area contributed by atoms with Gasteiger partial charge in [0, 0.05) is 6.54 Å². The number of hydrogen-bond acceptors (Lipinski definition) is 4. The SMILES string of the molecule is CCC(C(=O)O)N1CCOS1. The van der Waals surface area contributed by atoms with E-state index in [1.807, 2.05) is 6.92 Å². The molecular formula is C6H11NO3S. The largest absolute Gasteiger partial charge is 0.480 e. The number of carboxylic acid groups (broad SMARTS) is 1. The average molecular weight is 177 g/mol. The van der Waals surface area contributed by atoms with Gasteiger partial charge in [-0.3, -0.25) is 8.98 Å². The molecule has 0 spiro atoms. The molecule has 1 heterocycles. The molecule has 0 aromatic heterocycles. The Hall–Kier alpha value is -0.260. The maximum atomic E-state index is 10.6. The van der Waals surface area contributed by atoms with E-state index in [9.17, 15) is 4.79 Å². The molecule has 0 aliphatic carbocycles. The molecule has 5 heteroatoms. The van der Waals surface area contributed by atoms with Crippen LogP contribution in [0.25, 0.3) is 0 Å². The minimum atomic E-state index is -0.773. The second-order valence-corrected chi connectivity index (χ2v) is 3.15. The lowest BCUT2D eigenvalue weighted by Gasteiger charge is -2.17. The predicted molar refractivity (Wildman–Crippen MR) is 42.0 cm³/mol. The summed E-state index contributed by atoms with van der Waals surface area (Å²) in [6.45, 7) is 3.18. The van der Waals surface area contributed by atoms with Crippen LogP contribution >= 0.6 is 12.2 Å². The van der Waals surface area contributed by atoms with Crippen LogP contribution in [0, 0.1) is 0 Å². The van der Waals surface area contributed by atoms with Crippen molar-refractivity contribution in [2.75, 3.05) is 13.2 Å². The number of aliphatic carboxylic acids is 1. The average Bonchev–Trinajstić information content (AvgIpc) is 2.40. The van der Waals surface area contributed by atoms with Crippen molar-refractivity contribution < 1.29 is 14.1 Å². The van der Waals surface area contributed by atoms with Gasteiger partial charge in [0.25, 0.3) is 0 Å². The van der Waals surface area contributed by atoms with Crippen LogP contribution in [-0.4, -0.2) is 34.6 Å². The Balaban J connectivity index is 2.46. The quantitative estimate of drug-likeness (QED) is 0.509. The highest BCUT2D eigenvalue weighted by molar-refractivity contribution is 7.92. The molecule has 4 nitrogen and oxygen atoms in total. The van der Waals surface area contributed by atoms with Crippen LogP contribution in [0.5, 0.6) is 0 Å². The second-order valence-electron chi connectivity index (χ2n) is 2.30. The Morgan fingerprint density at radius 2 is 2.64 bits per heavy atom. The molecule has 1 atom stereocenters. The van der Waals surface area contributed by atoms with Crippen molar-refractivity contribution in [3.63, 3.8) is 0 Å². The number of carbonyl (C=O) groups is 1. The molecule has 1 unspecified atom stereocenters. The molecule has 1 aliphatic heterocycles. The molecule has 1 saturated heterocycles. The summed E-state index contributed by atoms with van der Waals surface area (Å²) in [4.78, 5) is 10.6. The summed E-state index contributed by atoms with van der Waals surface area (Å²) in [5.74, 6) is -0.773. The molecule has 0 aromatic carbocycles. The van der Waals surface area contributed by atoms with E-state index in [1.54, 1.807) is 4.31 Å². The minimum Gasteiger partial charge on any atom is -0.480 e. The Kier molecular flexibility index (Phi) is 3.16. The molecule has 0 amide bonds. The van der Waals surface area contributed by atoms with E-state index in [2.05, 4.69) is 0 Å². The minimum absolute atomic E-state index is 0.400. The molecule has 1 fully saturated rings. The standard InChI is InChI=1S/C6H11NO3S/c1-2-5(6(8)9)7-3-4-10-11-7/h5H,2-4H2,1H3,(H,8,9). The van der Waals surface area contributed by atoms with Crippen molar-refractivity contribution in [3.8, 4) is 0 Å². The highest BCUT2D eigenvalue weighted by atomic mass is 32.2. The molecule has 64 valence electrons. The first kappa shape index (κ1) is 8.83. The fourth-order valence-corrected chi connectivity index (χ4v) is 1.76. The third-order valence-electron chi connectivity index (χ3n) is 1.56. The van der Waals surface area contributed by atoms with Crippen LogP contribution in [-0.2, 0) is 8.98 Å². The summed E-state index contributed by atoms with van der Waals surface area (Å²) in [5, 5.41) is 8.72. The molecule has 1 aliphatic rings. The fraction of sp³-hybridized carbons (Fsp3) is 0.833. The Labute approximate surface area is 69.9 Å². The summed E-state index contributed by atoms with van der Waals surface area (Å²) in [6.07, 6.45) is 0.617. The van der Waals surface area contributed by atoms with Gasteiger partial charge in [-0.15, -0.1) is 0 Å². The monoisotopic (exact) mass is 177 g/mol. The first-order chi connectivity index (χ1) is 5.25. The van der Waals surface area contributed by atoms with Gasteiger partial charge in [0.05, 0.1) is 18.8 Å². The van der Waals surface area contributed by atoms with E-state index in [0.717, 1.165) is 12.2 Å². The van der Waals surface area contributed by atoms with Crippen molar-refractivity contribution in [2.24, 2.45) is 0 Å². The molecular weight excluding hydrogens is 166 g/mol. The Morgan fingerprint density at radius 3 is 3.00 bits per heavy atom. The molecule has 1 rings (SSSR count). The summed E-state index contributed by atoms with van der Waals surface area (Å²) in [7, 11) is 0.